The van der Waals surface area contributed by atoms with Crippen LogP contribution in [0, 0.1) is 5.41 Å². The number of carbonyl (C=O) groups is 4. The number of carbonyl (C=O) groups excluding carboxylic acids is 4. The second-order valence-electron chi connectivity index (χ2n) is 15.8. The summed E-state index contributed by atoms with van der Waals surface area (Å²) >= 11 is 0. The van der Waals surface area contributed by atoms with Crippen LogP contribution in [-0.4, -0.2) is 178 Å². The van der Waals surface area contributed by atoms with Gasteiger partial charge in [0.15, 0.2) is 0 Å². The average Bonchev–Trinajstić information content (AvgIpc) is 3.69. The molecule has 0 saturated carbocycles. The summed E-state index contributed by atoms with van der Waals surface area (Å²) in [5.41, 5.74) is -0.832. The van der Waals surface area contributed by atoms with Crippen LogP contribution in [0.4, 0.5) is 9.59 Å². The Morgan fingerprint density at radius 2 is 1.22 bits per heavy atom. The smallest absolute Gasteiger partial charge is 0.410 e. The average molecular weight is 788 g/mol. The van der Waals surface area contributed by atoms with Crippen LogP contribution in [0.5, 0.6) is 0 Å². The topological polar surface area (TPSA) is 165 Å². The van der Waals surface area contributed by atoms with E-state index in [1.807, 2.05) is 4.90 Å². The van der Waals surface area contributed by atoms with Crippen molar-refractivity contribution >= 4 is 34.2 Å². The van der Waals surface area contributed by atoms with E-state index in [4.69, 9.17) is 23.1 Å². The highest BCUT2D eigenvalue weighted by Gasteiger charge is 2.46. The lowest BCUT2D eigenvalue weighted by Crippen LogP contribution is -2.49. The minimum absolute atomic E-state index is 0.0504. The van der Waals surface area contributed by atoms with E-state index >= 15 is 0 Å². The molecule has 0 aromatic carbocycles. The SMILES string of the molecule is CC(C)N1CCC(N2CC(COS(C)(=O)=O)OC2=O)CC1.CCOC(=O)CC1(C(=O)OCC)CCN(CC2CN(C3CCN(C(C)C)CC3)C(=O)O2)CC1. The third kappa shape index (κ3) is 12.4. The first-order valence-electron chi connectivity index (χ1n) is 19.9. The maximum atomic E-state index is 12.7. The van der Waals surface area contributed by atoms with Gasteiger partial charge in [-0.3, -0.25) is 18.7 Å². The fourth-order valence-corrected chi connectivity index (χ4v) is 8.56. The van der Waals surface area contributed by atoms with E-state index in [0.29, 0.717) is 64.3 Å². The van der Waals surface area contributed by atoms with E-state index < -0.39 is 21.6 Å². The molecule has 5 rings (SSSR count). The first kappa shape index (κ1) is 44.0. The van der Waals surface area contributed by atoms with Crippen molar-refractivity contribution in [1.82, 2.24) is 24.5 Å². The summed E-state index contributed by atoms with van der Waals surface area (Å²) in [5, 5.41) is 0. The van der Waals surface area contributed by atoms with Crippen LogP contribution in [0.25, 0.3) is 0 Å². The van der Waals surface area contributed by atoms with Crippen molar-refractivity contribution in [2.24, 2.45) is 5.41 Å². The Bertz CT molecular complexity index is 1360. The number of esters is 2. The molecule has 17 heteroatoms. The number of ether oxygens (including phenoxy) is 4. The Kier molecular flexibility index (Phi) is 16.2. The van der Waals surface area contributed by atoms with Gasteiger partial charge in [-0.25, -0.2) is 9.59 Å². The van der Waals surface area contributed by atoms with Crippen molar-refractivity contribution in [1.29, 1.82) is 0 Å². The van der Waals surface area contributed by atoms with Gasteiger partial charge < -0.3 is 38.5 Å². The second kappa shape index (κ2) is 19.9. The molecule has 16 nitrogen and oxygen atoms in total. The number of cyclic esters (lactones) is 2. The minimum Gasteiger partial charge on any atom is -0.466 e. The number of likely N-dealkylation sites (tertiary alicyclic amines) is 3. The molecule has 0 spiro atoms. The van der Waals surface area contributed by atoms with Crippen LogP contribution >= 0.6 is 0 Å². The quantitative estimate of drug-likeness (QED) is 0.143. The Hall–Kier alpha value is -2.73. The molecule has 54 heavy (non-hydrogen) atoms. The molecular weight excluding hydrogens is 722 g/mol. The lowest BCUT2D eigenvalue weighted by atomic mass is 9.75. The van der Waals surface area contributed by atoms with E-state index in [2.05, 4.69) is 42.4 Å². The number of hydrogen-bond donors (Lipinski definition) is 0. The molecule has 5 saturated heterocycles. The van der Waals surface area contributed by atoms with Crippen molar-refractivity contribution in [3.8, 4) is 0 Å². The van der Waals surface area contributed by atoms with Crippen molar-refractivity contribution < 1.29 is 50.7 Å². The minimum atomic E-state index is -3.50. The van der Waals surface area contributed by atoms with Crippen LogP contribution in [0.2, 0.25) is 0 Å². The van der Waals surface area contributed by atoms with Gasteiger partial charge in [0.1, 0.15) is 18.8 Å². The molecule has 0 radical (unpaired) electrons. The monoisotopic (exact) mass is 787 g/mol. The van der Waals surface area contributed by atoms with Crippen molar-refractivity contribution in [3.05, 3.63) is 0 Å². The third-order valence-electron chi connectivity index (χ3n) is 11.4. The van der Waals surface area contributed by atoms with Gasteiger partial charge in [-0.05, 0) is 93.2 Å². The summed E-state index contributed by atoms with van der Waals surface area (Å²) in [4.78, 5) is 60.0. The molecule has 5 aliphatic heterocycles. The highest BCUT2D eigenvalue weighted by atomic mass is 32.2. The van der Waals surface area contributed by atoms with Crippen LogP contribution in [-0.2, 0) is 42.8 Å². The number of rotatable bonds is 14. The Morgan fingerprint density at radius 3 is 1.67 bits per heavy atom. The Balaban J connectivity index is 0.000000266. The van der Waals surface area contributed by atoms with Crippen LogP contribution in [0.3, 0.4) is 0 Å². The Morgan fingerprint density at radius 1 is 0.759 bits per heavy atom. The van der Waals surface area contributed by atoms with Gasteiger partial charge in [-0.1, -0.05) is 0 Å². The number of nitrogens with zero attached hydrogens (tertiary/aromatic N) is 5. The molecule has 0 bridgehead atoms. The molecule has 2 unspecified atom stereocenters. The summed E-state index contributed by atoms with van der Waals surface area (Å²) in [6, 6.07) is 1.48. The molecule has 310 valence electrons. The van der Waals surface area contributed by atoms with E-state index in [0.717, 1.165) is 58.1 Å². The van der Waals surface area contributed by atoms with Crippen molar-refractivity contribution in [2.75, 3.05) is 85.0 Å². The zero-order valence-corrected chi connectivity index (χ0v) is 34.4. The fourth-order valence-electron chi connectivity index (χ4n) is 8.17. The van der Waals surface area contributed by atoms with Crippen LogP contribution in [0.1, 0.15) is 86.5 Å². The van der Waals surface area contributed by atoms with E-state index in [9.17, 15) is 27.6 Å². The van der Waals surface area contributed by atoms with Gasteiger partial charge in [0.25, 0.3) is 10.1 Å². The number of amides is 2. The molecular formula is C37H65N5O11S. The normalized spacial score (nSPS) is 25.1. The molecule has 0 aromatic rings. The van der Waals surface area contributed by atoms with E-state index in [1.54, 1.807) is 18.7 Å². The van der Waals surface area contributed by atoms with Gasteiger partial charge >= 0.3 is 24.1 Å². The molecule has 0 N–H and O–H groups in total. The highest BCUT2D eigenvalue weighted by molar-refractivity contribution is 7.85. The number of piperidine rings is 3. The molecule has 5 aliphatic rings. The lowest BCUT2D eigenvalue weighted by molar-refractivity contribution is -0.165. The second-order valence-corrected chi connectivity index (χ2v) is 17.5. The zero-order chi connectivity index (χ0) is 39.6. The molecule has 2 atom stereocenters. The Labute approximate surface area is 322 Å². The molecule has 5 heterocycles. The molecule has 2 amide bonds. The highest BCUT2D eigenvalue weighted by Crippen LogP contribution is 2.37. The lowest BCUT2D eigenvalue weighted by Gasteiger charge is -2.40. The molecule has 0 aromatic heterocycles. The van der Waals surface area contributed by atoms with Gasteiger partial charge in [0.05, 0.1) is 44.4 Å². The first-order valence-corrected chi connectivity index (χ1v) is 21.7. The van der Waals surface area contributed by atoms with Crippen molar-refractivity contribution in [2.45, 2.75) is 123 Å². The van der Waals surface area contributed by atoms with Crippen molar-refractivity contribution in [3.63, 3.8) is 0 Å². The van der Waals surface area contributed by atoms with Crippen LogP contribution < -0.4 is 0 Å². The van der Waals surface area contributed by atoms with Gasteiger partial charge in [0, 0.05) is 56.9 Å². The fraction of sp³-hybridized carbons (Fsp3) is 0.892. The van der Waals surface area contributed by atoms with Gasteiger partial charge in [0.2, 0.25) is 0 Å². The predicted octanol–water partition coefficient (Wildman–Crippen LogP) is 2.93. The summed E-state index contributed by atoms with van der Waals surface area (Å²) < 4.78 is 47.9. The third-order valence-corrected chi connectivity index (χ3v) is 11.9. The maximum absolute atomic E-state index is 12.7. The van der Waals surface area contributed by atoms with E-state index in [1.165, 1.54) is 0 Å². The molecule has 5 fully saturated rings. The summed E-state index contributed by atoms with van der Waals surface area (Å²) in [5.74, 6) is -0.674. The zero-order valence-electron chi connectivity index (χ0n) is 33.5. The summed E-state index contributed by atoms with van der Waals surface area (Å²) in [6.45, 7) is 19.7. The van der Waals surface area contributed by atoms with Gasteiger partial charge in [-0.2, -0.15) is 8.42 Å². The van der Waals surface area contributed by atoms with Crippen LogP contribution in [0.15, 0.2) is 0 Å². The maximum Gasteiger partial charge on any atom is 0.410 e. The predicted molar refractivity (Wildman–Crippen MR) is 200 cm³/mol. The first-order chi connectivity index (χ1) is 25.5. The standard InChI is InChI=1S/C24H41N3O6.C13H24N2O5S/c1-5-31-21(28)15-24(22(29)32-6-2)9-13-25(14-10-24)16-20-17-27(23(30)33-20)19-7-11-26(12-8-19)18(3)4;1-10(2)14-6-4-11(5-7-14)15-8-12(20-13(15)16)9-19-21(3,17)18/h18-20H,5-17H2,1-4H3;10-12H,4-9H2,1-3H3. The summed E-state index contributed by atoms with van der Waals surface area (Å²) in [6.07, 6.45) is 4.68. The number of hydrogen-bond acceptors (Lipinski definition) is 14. The van der Waals surface area contributed by atoms with E-state index in [-0.39, 0.29) is 61.9 Å². The molecule has 0 aliphatic carbocycles. The largest absolute Gasteiger partial charge is 0.466 e. The summed E-state index contributed by atoms with van der Waals surface area (Å²) in [7, 11) is -3.50. The van der Waals surface area contributed by atoms with Gasteiger partial charge in [-0.15, -0.1) is 0 Å².